The Morgan fingerprint density at radius 2 is 2.29 bits per heavy atom. The number of carbonyl (C=O) groups excluding carboxylic acids is 1. The molecule has 2 atom stereocenters. The van der Waals surface area contributed by atoms with Crippen molar-refractivity contribution in [2.45, 2.75) is 31.9 Å². The van der Waals surface area contributed by atoms with E-state index in [1.807, 2.05) is 37.3 Å². The molecule has 5 nitrogen and oxygen atoms in total. The molecule has 2 rings (SSSR count). The number of para-hydroxylation sites is 1. The average molecular weight is 292 g/mol. The fourth-order valence-corrected chi connectivity index (χ4v) is 2.22. The molecule has 1 heterocycles. The molecule has 1 aliphatic heterocycles. The largest absolute Gasteiger partial charge is 0.491 e. The molecule has 5 heteroatoms. The van der Waals surface area contributed by atoms with Gasteiger partial charge in [-0.15, -0.1) is 0 Å². The Labute approximate surface area is 126 Å². The number of rotatable bonds is 7. The summed E-state index contributed by atoms with van der Waals surface area (Å²) in [5.74, 6) is 0.845. The normalized spacial score (nSPS) is 19.8. The number of ether oxygens (including phenoxy) is 2. The van der Waals surface area contributed by atoms with Crippen LogP contribution in [0.25, 0.3) is 0 Å². The highest BCUT2D eigenvalue weighted by Crippen LogP contribution is 2.09. The zero-order chi connectivity index (χ0) is 14.9. The van der Waals surface area contributed by atoms with E-state index in [0.29, 0.717) is 19.6 Å². The number of morpholine rings is 1. The molecule has 116 valence electrons. The molecular formula is C16H24N2O3. The zero-order valence-corrected chi connectivity index (χ0v) is 12.5. The van der Waals surface area contributed by atoms with Crippen molar-refractivity contribution >= 4 is 5.91 Å². The van der Waals surface area contributed by atoms with Crippen LogP contribution in [0.15, 0.2) is 30.3 Å². The van der Waals surface area contributed by atoms with E-state index in [0.717, 1.165) is 25.3 Å². The molecule has 0 spiro atoms. The maximum atomic E-state index is 12.0. The van der Waals surface area contributed by atoms with Crippen LogP contribution in [0.3, 0.4) is 0 Å². The number of hydrogen-bond donors (Lipinski definition) is 2. The fourth-order valence-electron chi connectivity index (χ4n) is 2.22. The summed E-state index contributed by atoms with van der Waals surface area (Å²) in [7, 11) is 0. The fraction of sp³-hybridized carbons (Fsp3) is 0.562. The van der Waals surface area contributed by atoms with Gasteiger partial charge in [-0.2, -0.15) is 0 Å². The van der Waals surface area contributed by atoms with E-state index in [1.54, 1.807) is 0 Å². The van der Waals surface area contributed by atoms with Crippen molar-refractivity contribution in [3.63, 3.8) is 0 Å². The van der Waals surface area contributed by atoms with Crippen molar-refractivity contribution < 1.29 is 14.3 Å². The highest BCUT2D eigenvalue weighted by atomic mass is 16.5. The lowest BCUT2D eigenvalue weighted by Gasteiger charge is -2.24. The third-order valence-electron chi connectivity index (χ3n) is 3.47. The van der Waals surface area contributed by atoms with Gasteiger partial charge in [-0.3, -0.25) is 4.79 Å². The summed E-state index contributed by atoms with van der Waals surface area (Å²) in [4.78, 5) is 12.0. The molecule has 0 bridgehead atoms. The van der Waals surface area contributed by atoms with Crippen molar-refractivity contribution in [2.75, 3.05) is 26.3 Å². The second kappa shape index (κ2) is 8.64. The van der Waals surface area contributed by atoms with Gasteiger partial charge in [0.25, 0.3) is 0 Å². The second-order valence-electron chi connectivity index (χ2n) is 5.20. The average Bonchev–Trinajstić information content (AvgIpc) is 2.53. The molecule has 0 aromatic heterocycles. The Hall–Kier alpha value is -1.59. The first kappa shape index (κ1) is 15.8. The minimum atomic E-state index is -0.0219. The molecule has 21 heavy (non-hydrogen) atoms. The summed E-state index contributed by atoms with van der Waals surface area (Å²) in [5.41, 5.74) is 0. The molecule has 1 aromatic carbocycles. The van der Waals surface area contributed by atoms with Gasteiger partial charge < -0.3 is 20.1 Å². The monoisotopic (exact) mass is 292 g/mol. The standard InChI is InChI=1S/C16H24N2O3/c1-2-13(12-21-14-6-4-3-5-7-14)18-16(19)10-15-11-17-8-9-20-15/h3-7,13,15,17H,2,8-12H2,1H3,(H,18,19)/t13-,15+/m1/s1. The minimum absolute atomic E-state index is 0.0206. The Balaban J connectivity index is 1.72. The van der Waals surface area contributed by atoms with Gasteiger partial charge in [-0.1, -0.05) is 25.1 Å². The number of amides is 1. The second-order valence-corrected chi connectivity index (χ2v) is 5.20. The van der Waals surface area contributed by atoms with Gasteiger partial charge in [0, 0.05) is 13.1 Å². The van der Waals surface area contributed by atoms with Crippen molar-refractivity contribution in [2.24, 2.45) is 0 Å². The third-order valence-corrected chi connectivity index (χ3v) is 3.47. The number of carbonyl (C=O) groups is 1. The molecule has 0 saturated carbocycles. The molecule has 1 saturated heterocycles. The lowest BCUT2D eigenvalue weighted by atomic mass is 10.2. The quantitative estimate of drug-likeness (QED) is 0.796. The molecule has 0 radical (unpaired) electrons. The number of benzene rings is 1. The van der Waals surface area contributed by atoms with Gasteiger partial charge in [-0.05, 0) is 18.6 Å². The number of hydrogen-bond acceptors (Lipinski definition) is 4. The van der Waals surface area contributed by atoms with Crippen molar-refractivity contribution in [1.82, 2.24) is 10.6 Å². The maximum Gasteiger partial charge on any atom is 0.222 e. The summed E-state index contributed by atoms with van der Waals surface area (Å²) in [6.45, 7) is 4.80. The number of nitrogens with one attached hydrogen (secondary N) is 2. The summed E-state index contributed by atoms with van der Waals surface area (Å²) in [5, 5.41) is 6.24. The van der Waals surface area contributed by atoms with Crippen LogP contribution in [-0.4, -0.2) is 44.4 Å². The van der Waals surface area contributed by atoms with Gasteiger partial charge in [0.15, 0.2) is 0 Å². The summed E-state index contributed by atoms with van der Waals surface area (Å²) < 4.78 is 11.2. The summed E-state index contributed by atoms with van der Waals surface area (Å²) in [6, 6.07) is 9.66. The van der Waals surface area contributed by atoms with E-state index in [-0.39, 0.29) is 18.1 Å². The van der Waals surface area contributed by atoms with E-state index in [2.05, 4.69) is 10.6 Å². The van der Waals surface area contributed by atoms with Crippen LogP contribution in [0.5, 0.6) is 5.75 Å². The van der Waals surface area contributed by atoms with Gasteiger partial charge in [0.1, 0.15) is 12.4 Å². The van der Waals surface area contributed by atoms with Gasteiger partial charge in [0.05, 0.1) is 25.2 Å². The molecule has 0 aliphatic carbocycles. The Morgan fingerprint density at radius 1 is 1.48 bits per heavy atom. The highest BCUT2D eigenvalue weighted by molar-refractivity contribution is 5.76. The van der Waals surface area contributed by atoms with Crippen LogP contribution in [0.1, 0.15) is 19.8 Å². The van der Waals surface area contributed by atoms with Crippen molar-refractivity contribution in [1.29, 1.82) is 0 Å². The smallest absolute Gasteiger partial charge is 0.222 e. The molecule has 1 aliphatic rings. The van der Waals surface area contributed by atoms with Crippen LogP contribution < -0.4 is 15.4 Å². The lowest BCUT2D eigenvalue weighted by Crippen LogP contribution is -2.44. The Morgan fingerprint density at radius 3 is 2.95 bits per heavy atom. The van der Waals surface area contributed by atoms with Crippen LogP contribution in [0.2, 0.25) is 0 Å². The van der Waals surface area contributed by atoms with Crippen molar-refractivity contribution in [3.05, 3.63) is 30.3 Å². The highest BCUT2D eigenvalue weighted by Gasteiger charge is 2.19. The predicted octanol–water partition coefficient (Wildman–Crippen LogP) is 1.34. The van der Waals surface area contributed by atoms with E-state index in [4.69, 9.17) is 9.47 Å². The first-order valence-electron chi connectivity index (χ1n) is 7.57. The summed E-state index contributed by atoms with van der Waals surface area (Å²) in [6.07, 6.45) is 1.21. The van der Waals surface area contributed by atoms with Gasteiger partial charge in [-0.25, -0.2) is 0 Å². The van der Waals surface area contributed by atoms with Crippen molar-refractivity contribution in [3.8, 4) is 5.75 Å². The van der Waals surface area contributed by atoms with Crippen LogP contribution in [-0.2, 0) is 9.53 Å². The van der Waals surface area contributed by atoms with Gasteiger partial charge >= 0.3 is 0 Å². The molecule has 0 unspecified atom stereocenters. The van der Waals surface area contributed by atoms with E-state index < -0.39 is 0 Å². The lowest BCUT2D eigenvalue weighted by molar-refractivity contribution is -0.125. The first-order chi connectivity index (χ1) is 10.3. The predicted molar refractivity (Wildman–Crippen MR) is 81.4 cm³/mol. The van der Waals surface area contributed by atoms with Gasteiger partial charge in [0.2, 0.25) is 5.91 Å². The summed E-state index contributed by atoms with van der Waals surface area (Å²) >= 11 is 0. The van der Waals surface area contributed by atoms with E-state index >= 15 is 0 Å². The molecule has 1 fully saturated rings. The molecule has 2 N–H and O–H groups in total. The third kappa shape index (κ3) is 5.73. The molecule has 1 aromatic rings. The maximum absolute atomic E-state index is 12.0. The van der Waals surface area contributed by atoms with Crippen LogP contribution >= 0.6 is 0 Å². The Kier molecular flexibility index (Phi) is 6.50. The van der Waals surface area contributed by atoms with Crippen LogP contribution in [0, 0.1) is 0 Å². The molecule has 1 amide bonds. The topological polar surface area (TPSA) is 59.6 Å². The zero-order valence-electron chi connectivity index (χ0n) is 12.5. The van der Waals surface area contributed by atoms with Crippen LogP contribution in [0.4, 0.5) is 0 Å². The van der Waals surface area contributed by atoms with E-state index in [9.17, 15) is 4.79 Å². The molecular weight excluding hydrogens is 268 g/mol. The van der Waals surface area contributed by atoms with E-state index in [1.165, 1.54) is 0 Å². The SMILES string of the molecule is CC[C@H](COc1ccccc1)NC(=O)C[C@H]1CNCCO1. The Bertz CT molecular complexity index is 419. The minimum Gasteiger partial charge on any atom is -0.491 e. The first-order valence-corrected chi connectivity index (χ1v) is 7.57.